The molecule has 0 bridgehead atoms. The Hall–Kier alpha value is -0.0400. The summed E-state index contributed by atoms with van der Waals surface area (Å²) in [5.74, 6) is 1.02. The molecule has 0 saturated heterocycles. The number of hydrogen-bond donors (Lipinski definition) is 1. The predicted molar refractivity (Wildman–Crippen MR) is 72.8 cm³/mol. The molecule has 1 fully saturated rings. The van der Waals surface area contributed by atoms with E-state index in [1.165, 1.54) is 70.6 Å². The Labute approximate surface area is 102 Å². The van der Waals surface area contributed by atoms with Crippen LogP contribution in [0.5, 0.6) is 0 Å². The van der Waals surface area contributed by atoms with E-state index in [4.69, 9.17) is 0 Å². The van der Waals surface area contributed by atoms with E-state index in [2.05, 4.69) is 19.3 Å². The van der Waals surface area contributed by atoms with Crippen molar-refractivity contribution >= 4 is 0 Å². The van der Waals surface area contributed by atoms with Crippen LogP contribution in [0.4, 0.5) is 0 Å². The summed E-state index contributed by atoms with van der Waals surface area (Å²) in [6.45, 7) is 2.29. The first kappa shape index (κ1) is 14.0. The van der Waals surface area contributed by atoms with Gasteiger partial charge in [-0.1, -0.05) is 64.7 Å². The van der Waals surface area contributed by atoms with Gasteiger partial charge in [0, 0.05) is 6.04 Å². The topological polar surface area (TPSA) is 12.0 Å². The maximum Gasteiger partial charge on any atom is 0.00667 e. The molecular formula is C15H31N. The van der Waals surface area contributed by atoms with E-state index >= 15 is 0 Å². The molecule has 0 aromatic carbocycles. The third-order valence-corrected chi connectivity index (χ3v) is 4.16. The van der Waals surface area contributed by atoms with E-state index in [1.807, 2.05) is 0 Å². The molecule has 1 unspecified atom stereocenters. The van der Waals surface area contributed by atoms with Crippen molar-refractivity contribution in [2.24, 2.45) is 5.92 Å². The fraction of sp³-hybridized carbons (Fsp3) is 1.00. The average molecular weight is 225 g/mol. The zero-order chi connectivity index (χ0) is 11.6. The van der Waals surface area contributed by atoms with Crippen molar-refractivity contribution < 1.29 is 0 Å². The van der Waals surface area contributed by atoms with Gasteiger partial charge in [0.2, 0.25) is 0 Å². The van der Waals surface area contributed by atoms with Gasteiger partial charge in [-0.2, -0.15) is 0 Å². The summed E-state index contributed by atoms with van der Waals surface area (Å²) in [6, 6.07) is 0.787. The van der Waals surface area contributed by atoms with Gasteiger partial charge in [-0.3, -0.25) is 0 Å². The molecule has 0 amide bonds. The fourth-order valence-electron chi connectivity index (χ4n) is 3.02. The predicted octanol–water partition coefficient (Wildman–Crippen LogP) is 4.52. The van der Waals surface area contributed by atoms with Crippen LogP contribution in [0.15, 0.2) is 0 Å². The maximum absolute atomic E-state index is 3.53. The Morgan fingerprint density at radius 1 is 1.06 bits per heavy atom. The molecule has 16 heavy (non-hydrogen) atoms. The summed E-state index contributed by atoms with van der Waals surface area (Å²) in [5, 5.41) is 3.53. The van der Waals surface area contributed by atoms with Gasteiger partial charge in [0.15, 0.2) is 0 Å². The summed E-state index contributed by atoms with van der Waals surface area (Å²) in [7, 11) is 2.15. The first-order valence-corrected chi connectivity index (χ1v) is 7.54. The highest BCUT2D eigenvalue weighted by atomic mass is 14.9. The highest BCUT2D eigenvalue weighted by molar-refractivity contribution is 4.73. The minimum Gasteiger partial charge on any atom is -0.317 e. The quantitative estimate of drug-likeness (QED) is 0.496. The van der Waals surface area contributed by atoms with Gasteiger partial charge in [0.25, 0.3) is 0 Å². The monoisotopic (exact) mass is 225 g/mol. The molecule has 1 aliphatic rings. The summed E-state index contributed by atoms with van der Waals surface area (Å²) in [4.78, 5) is 0. The van der Waals surface area contributed by atoms with Crippen LogP contribution in [-0.4, -0.2) is 13.1 Å². The van der Waals surface area contributed by atoms with Crippen LogP contribution in [-0.2, 0) is 0 Å². The lowest BCUT2D eigenvalue weighted by Crippen LogP contribution is -2.27. The second-order valence-corrected chi connectivity index (χ2v) is 5.57. The van der Waals surface area contributed by atoms with Crippen molar-refractivity contribution in [2.75, 3.05) is 7.05 Å². The summed E-state index contributed by atoms with van der Waals surface area (Å²) in [6.07, 6.45) is 15.9. The Balaban J connectivity index is 2.19. The lowest BCUT2D eigenvalue weighted by molar-refractivity contribution is 0.345. The molecule has 1 heteroatoms. The van der Waals surface area contributed by atoms with Crippen LogP contribution >= 0.6 is 0 Å². The molecule has 1 saturated carbocycles. The summed E-state index contributed by atoms with van der Waals surface area (Å²) < 4.78 is 0. The highest BCUT2D eigenvalue weighted by Crippen LogP contribution is 2.27. The zero-order valence-electron chi connectivity index (χ0n) is 11.4. The van der Waals surface area contributed by atoms with Crippen molar-refractivity contribution in [1.82, 2.24) is 5.32 Å². The van der Waals surface area contributed by atoms with E-state index in [-0.39, 0.29) is 0 Å². The minimum atomic E-state index is 0.787. The van der Waals surface area contributed by atoms with E-state index in [0.717, 1.165) is 12.0 Å². The molecule has 1 rings (SSSR count). The molecule has 0 aliphatic heterocycles. The van der Waals surface area contributed by atoms with Gasteiger partial charge in [-0.15, -0.1) is 0 Å². The molecular weight excluding hydrogens is 194 g/mol. The highest BCUT2D eigenvalue weighted by Gasteiger charge is 2.16. The van der Waals surface area contributed by atoms with Gasteiger partial charge >= 0.3 is 0 Å². The molecule has 1 N–H and O–H groups in total. The van der Waals surface area contributed by atoms with E-state index in [0.29, 0.717) is 0 Å². The van der Waals surface area contributed by atoms with E-state index in [1.54, 1.807) is 0 Å². The zero-order valence-corrected chi connectivity index (χ0v) is 11.4. The summed E-state index contributed by atoms with van der Waals surface area (Å²) in [5.41, 5.74) is 0. The lowest BCUT2D eigenvalue weighted by atomic mass is 9.90. The van der Waals surface area contributed by atoms with Crippen molar-refractivity contribution in [1.29, 1.82) is 0 Å². The molecule has 0 radical (unpaired) electrons. The van der Waals surface area contributed by atoms with Crippen molar-refractivity contribution in [3.63, 3.8) is 0 Å². The number of nitrogens with one attached hydrogen (secondary N) is 1. The minimum absolute atomic E-state index is 0.787. The smallest absolute Gasteiger partial charge is 0.00667 e. The Kier molecular flexibility index (Phi) is 7.92. The second-order valence-electron chi connectivity index (χ2n) is 5.57. The van der Waals surface area contributed by atoms with Crippen LogP contribution in [0.1, 0.15) is 77.6 Å². The number of unbranched alkanes of at least 4 members (excludes halogenated alkanes) is 2. The molecule has 0 aromatic rings. The Bertz CT molecular complexity index is 148. The SMILES string of the molecule is CCCCCC(CC1CCCCCC1)NC. The normalized spacial score (nSPS) is 20.6. The van der Waals surface area contributed by atoms with Crippen LogP contribution in [0.3, 0.4) is 0 Å². The standard InChI is InChI=1S/C15H31N/c1-3-4-7-12-15(16-2)13-14-10-8-5-6-9-11-14/h14-16H,3-13H2,1-2H3. The lowest BCUT2D eigenvalue weighted by Gasteiger charge is -2.22. The Morgan fingerprint density at radius 2 is 1.75 bits per heavy atom. The fourth-order valence-corrected chi connectivity index (χ4v) is 3.02. The third kappa shape index (κ3) is 5.89. The average Bonchev–Trinajstić information content (AvgIpc) is 2.56. The molecule has 0 spiro atoms. The van der Waals surface area contributed by atoms with Crippen LogP contribution in [0.2, 0.25) is 0 Å². The van der Waals surface area contributed by atoms with Crippen molar-refractivity contribution in [2.45, 2.75) is 83.6 Å². The van der Waals surface area contributed by atoms with Crippen molar-refractivity contribution in [3.8, 4) is 0 Å². The van der Waals surface area contributed by atoms with Crippen molar-refractivity contribution in [3.05, 3.63) is 0 Å². The maximum atomic E-state index is 3.53. The third-order valence-electron chi connectivity index (χ3n) is 4.16. The first-order chi connectivity index (χ1) is 7.86. The molecule has 1 aliphatic carbocycles. The number of hydrogen-bond acceptors (Lipinski definition) is 1. The molecule has 0 heterocycles. The van der Waals surface area contributed by atoms with Gasteiger partial charge in [0.05, 0.1) is 0 Å². The van der Waals surface area contributed by atoms with E-state index < -0.39 is 0 Å². The van der Waals surface area contributed by atoms with Gasteiger partial charge < -0.3 is 5.32 Å². The van der Waals surface area contributed by atoms with Crippen LogP contribution < -0.4 is 5.32 Å². The Morgan fingerprint density at radius 3 is 2.31 bits per heavy atom. The van der Waals surface area contributed by atoms with Gasteiger partial charge in [0.1, 0.15) is 0 Å². The van der Waals surface area contributed by atoms with Gasteiger partial charge in [-0.05, 0) is 25.8 Å². The largest absolute Gasteiger partial charge is 0.317 e. The van der Waals surface area contributed by atoms with Gasteiger partial charge in [-0.25, -0.2) is 0 Å². The molecule has 96 valence electrons. The van der Waals surface area contributed by atoms with E-state index in [9.17, 15) is 0 Å². The van der Waals surface area contributed by atoms with Crippen LogP contribution in [0, 0.1) is 5.92 Å². The second kappa shape index (κ2) is 9.04. The number of rotatable bonds is 7. The molecule has 1 atom stereocenters. The van der Waals surface area contributed by atoms with Crippen LogP contribution in [0.25, 0.3) is 0 Å². The summed E-state index contributed by atoms with van der Waals surface area (Å²) >= 11 is 0. The first-order valence-electron chi connectivity index (χ1n) is 7.54. The molecule has 1 nitrogen and oxygen atoms in total. The molecule has 0 aromatic heterocycles.